The summed E-state index contributed by atoms with van der Waals surface area (Å²) in [6, 6.07) is 14.5. The molecule has 0 atom stereocenters. The molecular weight excluding hydrogens is 244 g/mol. The first-order valence-corrected chi connectivity index (χ1v) is 5.80. The standard InChI is InChI=1S/C15H14O4/c1-17-15-9-13(10-16)7-8-14(15)19-18-11-12-5-3-2-4-6-12/h2-10H,11H2,1H3. The van der Waals surface area contributed by atoms with Crippen LogP contribution in [0.15, 0.2) is 48.5 Å². The monoisotopic (exact) mass is 258 g/mol. The maximum Gasteiger partial charge on any atom is 0.207 e. The lowest BCUT2D eigenvalue weighted by Crippen LogP contribution is -2.00. The molecule has 0 radical (unpaired) electrons. The second kappa shape index (κ2) is 6.56. The summed E-state index contributed by atoms with van der Waals surface area (Å²) < 4.78 is 5.13. The zero-order valence-electron chi connectivity index (χ0n) is 10.5. The number of carbonyl (C=O) groups is 1. The summed E-state index contributed by atoms with van der Waals surface area (Å²) in [4.78, 5) is 21.0. The number of methoxy groups -OCH3 is 1. The molecule has 0 bridgehead atoms. The number of hydrogen-bond acceptors (Lipinski definition) is 4. The Morgan fingerprint density at radius 2 is 1.84 bits per heavy atom. The molecule has 2 rings (SSSR count). The molecule has 4 nitrogen and oxygen atoms in total. The molecule has 0 aliphatic carbocycles. The van der Waals surface area contributed by atoms with Gasteiger partial charge in [0.05, 0.1) is 7.11 Å². The highest BCUT2D eigenvalue weighted by molar-refractivity contribution is 5.76. The van der Waals surface area contributed by atoms with Gasteiger partial charge in [-0.1, -0.05) is 30.3 Å². The van der Waals surface area contributed by atoms with Crippen molar-refractivity contribution in [1.82, 2.24) is 0 Å². The molecular formula is C15H14O4. The summed E-state index contributed by atoms with van der Waals surface area (Å²) in [7, 11) is 1.51. The largest absolute Gasteiger partial charge is 0.493 e. The van der Waals surface area contributed by atoms with E-state index in [0.29, 0.717) is 23.7 Å². The second-order valence-electron chi connectivity index (χ2n) is 3.86. The molecule has 0 heterocycles. The fraction of sp³-hybridized carbons (Fsp3) is 0.133. The predicted octanol–water partition coefficient (Wildman–Crippen LogP) is 3.02. The quantitative estimate of drug-likeness (QED) is 0.454. The third-order valence-corrected chi connectivity index (χ3v) is 2.54. The lowest BCUT2D eigenvalue weighted by atomic mass is 10.2. The summed E-state index contributed by atoms with van der Waals surface area (Å²) in [6.45, 7) is 0.333. The number of ether oxygens (including phenoxy) is 1. The van der Waals surface area contributed by atoms with Gasteiger partial charge >= 0.3 is 0 Å². The normalized spacial score (nSPS) is 9.95. The Balaban J connectivity index is 1.97. The average molecular weight is 258 g/mol. The Kier molecular flexibility index (Phi) is 4.53. The van der Waals surface area contributed by atoms with Crippen LogP contribution in [0.5, 0.6) is 11.5 Å². The van der Waals surface area contributed by atoms with Gasteiger partial charge in [0.2, 0.25) is 5.75 Å². The average Bonchev–Trinajstić information content (AvgIpc) is 2.48. The smallest absolute Gasteiger partial charge is 0.207 e. The van der Waals surface area contributed by atoms with Crippen molar-refractivity contribution in [2.45, 2.75) is 6.61 Å². The Hall–Kier alpha value is -2.33. The molecule has 0 N–H and O–H groups in total. The minimum absolute atomic E-state index is 0.333. The van der Waals surface area contributed by atoms with Gasteiger partial charge in [0, 0.05) is 5.56 Å². The first-order chi connectivity index (χ1) is 9.33. The van der Waals surface area contributed by atoms with Crippen LogP contribution in [0.4, 0.5) is 0 Å². The predicted molar refractivity (Wildman–Crippen MR) is 70.2 cm³/mol. The molecule has 98 valence electrons. The third kappa shape index (κ3) is 3.56. The van der Waals surface area contributed by atoms with E-state index in [4.69, 9.17) is 14.5 Å². The van der Waals surface area contributed by atoms with Gasteiger partial charge in [-0.3, -0.25) is 4.79 Å². The van der Waals surface area contributed by atoms with Crippen LogP contribution in [0.2, 0.25) is 0 Å². The molecule has 2 aromatic carbocycles. The van der Waals surface area contributed by atoms with Crippen molar-refractivity contribution >= 4 is 6.29 Å². The number of aldehydes is 1. The van der Waals surface area contributed by atoms with E-state index in [1.807, 2.05) is 30.3 Å². The summed E-state index contributed by atoms with van der Waals surface area (Å²) in [5, 5.41) is 0. The Morgan fingerprint density at radius 1 is 1.05 bits per heavy atom. The van der Waals surface area contributed by atoms with Gasteiger partial charge in [-0.25, -0.2) is 0 Å². The van der Waals surface area contributed by atoms with Gasteiger partial charge in [-0.05, 0) is 23.8 Å². The highest BCUT2D eigenvalue weighted by Crippen LogP contribution is 2.27. The SMILES string of the molecule is COc1cc(C=O)ccc1OOCc1ccccc1. The molecule has 0 aromatic heterocycles. The minimum atomic E-state index is 0.333. The Bertz CT molecular complexity index is 537. The van der Waals surface area contributed by atoms with Crippen molar-refractivity contribution in [2.75, 3.05) is 7.11 Å². The summed E-state index contributed by atoms with van der Waals surface area (Å²) in [6.07, 6.45) is 0.747. The van der Waals surface area contributed by atoms with Crippen molar-refractivity contribution in [3.63, 3.8) is 0 Å². The van der Waals surface area contributed by atoms with Gasteiger partial charge in [-0.2, -0.15) is 4.89 Å². The maximum atomic E-state index is 10.7. The van der Waals surface area contributed by atoms with Gasteiger partial charge < -0.3 is 9.62 Å². The van der Waals surface area contributed by atoms with Crippen LogP contribution in [0, 0.1) is 0 Å². The number of carbonyl (C=O) groups excluding carboxylic acids is 1. The van der Waals surface area contributed by atoms with Crippen LogP contribution in [0.3, 0.4) is 0 Å². The summed E-state index contributed by atoms with van der Waals surface area (Å²) in [5.41, 5.74) is 1.53. The first kappa shape index (κ1) is 13.1. The van der Waals surface area contributed by atoms with E-state index in [1.54, 1.807) is 18.2 Å². The zero-order valence-corrected chi connectivity index (χ0v) is 10.5. The highest BCUT2D eigenvalue weighted by Gasteiger charge is 2.06. The summed E-state index contributed by atoms with van der Waals surface area (Å²) in [5.74, 6) is 0.890. The van der Waals surface area contributed by atoms with Gasteiger partial charge in [-0.15, -0.1) is 0 Å². The van der Waals surface area contributed by atoms with E-state index in [2.05, 4.69) is 0 Å². The lowest BCUT2D eigenvalue weighted by molar-refractivity contribution is -0.218. The first-order valence-electron chi connectivity index (χ1n) is 5.80. The molecule has 0 fully saturated rings. The van der Waals surface area contributed by atoms with Crippen molar-refractivity contribution in [2.24, 2.45) is 0 Å². The Labute approximate surface area is 111 Å². The van der Waals surface area contributed by atoms with Crippen molar-refractivity contribution in [3.05, 3.63) is 59.7 Å². The van der Waals surface area contributed by atoms with E-state index < -0.39 is 0 Å². The molecule has 19 heavy (non-hydrogen) atoms. The summed E-state index contributed by atoms with van der Waals surface area (Å²) >= 11 is 0. The van der Waals surface area contributed by atoms with E-state index >= 15 is 0 Å². The molecule has 0 saturated heterocycles. The topological polar surface area (TPSA) is 44.8 Å². The third-order valence-electron chi connectivity index (χ3n) is 2.54. The molecule has 0 aliphatic heterocycles. The van der Waals surface area contributed by atoms with Crippen molar-refractivity contribution in [3.8, 4) is 11.5 Å². The fourth-order valence-electron chi connectivity index (χ4n) is 1.56. The minimum Gasteiger partial charge on any atom is -0.493 e. The number of benzene rings is 2. The van der Waals surface area contributed by atoms with Crippen molar-refractivity contribution < 1.29 is 19.3 Å². The number of rotatable bonds is 6. The van der Waals surface area contributed by atoms with Crippen LogP contribution in [0.1, 0.15) is 15.9 Å². The number of hydrogen-bond donors (Lipinski definition) is 0. The van der Waals surface area contributed by atoms with E-state index in [-0.39, 0.29) is 0 Å². The zero-order chi connectivity index (χ0) is 13.5. The molecule has 2 aromatic rings. The van der Waals surface area contributed by atoms with Crippen LogP contribution in [-0.2, 0) is 11.5 Å². The lowest BCUT2D eigenvalue weighted by Gasteiger charge is -2.09. The molecule has 0 aliphatic rings. The molecule has 0 spiro atoms. The molecule has 4 heteroatoms. The molecule has 0 saturated carbocycles. The van der Waals surface area contributed by atoms with Gasteiger partial charge in [0.1, 0.15) is 12.9 Å². The van der Waals surface area contributed by atoms with Crippen LogP contribution >= 0.6 is 0 Å². The second-order valence-corrected chi connectivity index (χ2v) is 3.86. The van der Waals surface area contributed by atoms with E-state index in [9.17, 15) is 4.79 Å². The van der Waals surface area contributed by atoms with Gasteiger partial charge in [0.15, 0.2) is 5.75 Å². The van der Waals surface area contributed by atoms with Crippen LogP contribution in [-0.4, -0.2) is 13.4 Å². The van der Waals surface area contributed by atoms with Crippen LogP contribution in [0.25, 0.3) is 0 Å². The highest BCUT2D eigenvalue weighted by atomic mass is 17.2. The van der Waals surface area contributed by atoms with Crippen molar-refractivity contribution in [1.29, 1.82) is 0 Å². The van der Waals surface area contributed by atoms with E-state index in [1.165, 1.54) is 7.11 Å². The maximum absolute atomic E-state index is 10.7. The molecule has 0 amide bonds. The molecule has 0 unspecified atom stereocenters. The van der Waals surface area contributed by atoms with Gasteiger partial charge in [0.25, 0.3) is 0 Å². The Morgan fingerprint density at radius 3 is 2.53 bits per heavy atom. The fourth-order valence-corrected chi connectivity index (χ4v) is 1.56. The van der Waals surface area contributed by atoms with Crippen LogP contribution < -0.4 is 9.62 Å². The van der Waals surface area contributed by atoms with E-state index in [0.717, 1.165) is 11.8 Å².